The highest BCUT2D eigenvalue weighted by atomic mass is 16.5. The summed E-state index contributed by atoms with van der Waals surface area (Å²) in [6, 6.07) is 18.3. The Labute approximate surface area is 152 Å². The Morgan fingerprint density at radius 2 is 1.42 bits per heavy atom. The number of carbonyl (C=O) groups is 2. The summed E-state index contributed by atoms with van der Waals surface area (Å²) in [6.45, 7) is 2.03. The summed E-state index contributed by atoms with van der Waals surface area (Å²) in [5.74, 6) is 0.396. The van der Waals surface area contributed by atoms with Gasteiger partial charge in [-0.25, -0.2) is 0 Å². The summed E-state index contributed by atoms with van der Waals surface area (Å²) in [6.07, 6.45) is 0.745. The van der Waals surface area contributed by atoms with Crippen LogP contribution in [0, 0.1) is 6.92 Å². The predicted octanol–water partition coefficient (Wildman–Crippen LogP) is 4.84. The Morgan fingerprint density at radius 3 is 2.12 bits per heavy atom. The molecule has 26 heavy (non-hydrogen) atoms. The Bertz CT molecular complexity index is 1020. The van der Waals surface area contributed by atoms with Gasteiger partial charge in [-0.3, -0.25) is 9.59 Å². The van der Waals surface area contributed by atoms with Gasteiger partial charge in [-0.1, -0.05) is 30.3 Å². The van der Waals surface area contributed by atoms with Crippen LogP contribution in [0.5, 0.6) is 5.75 Å². The third-order valence-electron chi connectivity index (χ3n) is 5.19. The average molecular weight is 344 g/mol. The second-order valence-electron chi connectivity index (χ2n) is 6.87. The van der Waals surface area contributed by atoms with E-state index in [4.69, 9.17) is 4.74 Å². The molecule has 0 atom stereocenters. The van der Waals surface area contributed by atoms with Gasteiger partial charge in [0.15, 0.2) is 0 Å². The van der Waals surface area contributed by atoms with E-state index in [9.17, 15) is 9.59 Å². The van der Waals surface area contributed by atoms with E-state index < -0.39 is 5.92 Å². The summed E-state index contributed by atoms with van der Waals surface area (Å²) in [4.78, 5) is 24.0. The van der Waals surface area contributed by atoms with E-state index in [1.54, 1.807) is 7.11 Å². The van der Waals surface area contributed by atoms with Crippen molar-refractivity contribution in [1.29, 1.82) is 0 Å². The SMILES string of the molecule is COc1ccc(-c2ccc3cc(C4C(=O)CCC4=O)ccc3c2)cc1C. The monoisotopic (exact) mass is 344 g/mol. The molecule has 0 unspecified atom stereocenters. The van der Waals surface area contributed by atoms with Crippen molar-refractivity contribution >= 4 is 22.3 Å². The van der Waals surface area contributed by atoms with Crippen molar-refractivity contribution in [2.45, 2.75) is 25.7 Å². The van der Waals surface area contributed by atoms with Gasteiger partial charge >= 0.3 is 0 Å². The lowest BCUT2D eigenvalue weighted by Gasteiger charge is -2.11. The Morgan fingerprint density at radius 1 is 0.808 bits per heavy atom. The summed E-state index contributed by atoms with van der Waals surface area (Å²) in [7, 11) is 1.68. The molecule has 0 radical (unpaired) electrons. The van der Waals surface area contributed by atoms with Crippen LogP contribution in [0.4, 0.5) is 0 Å². The van der Waals surface area contributed by atoms with Crippen LogP contribution in [0.2, 0.25) is 0 Å². The van der Waals surface area contributed by atoms with E-state index in [1.807, 2.05) is 31.2 Å². The first-order chi connectivity index (χ1) is 12.6. The molecule has 3 heteroatoms. The van der Waals surface area contributed by atoms with Gasteiger partial charge in [0.05, 0.1) is 7.11 Å². The van der Waals surface area contributed by atoms with E-state index in [-0.39, 0.29) is 11.6 Å². The number of Topliss-reactive ketones (excluding diaryl/α,β-unsaturated/α-hetero) is 2. The molecule has 0 spiro atoms. The zero-order valence-corrected chi connectivity index (χ0v) is 14.9. The molecule has 0 saturated heterocycles. The first-order valence-electron chi connectivity index (χ1n) is 8.81. The van der Waals surface area contributed by atoms with Crippen molar-refractivity contribution in [3.8, 4) is 16.9 Å². The molecule has 0 heterocycles. The number of benzene rings is 3. The maximum Gasteiger partial charge on any atom is 0.148 e. The van der Waals surface area contributed by atoms with Crippen LogP contribution in [0.25, 0.3) is 21.9 Å². The molecule has 0 aromatic heterocycles. The minimum Gasteiger partial charge on any atom is -0.496 e. The number of hydrogen-bond acceptors (Lipinski definition) is 3. The van der Waals surface area contributed by atoms with Gasteiger partial charge in [0.1, 0.15) is 23.2 Å². The highest BCUT2D eigenvalue weighted by molar-refractivity contribution is 6.13. The number of ether oxygens (including phenoxy) is 1. The average Bonchev–Trinajstić information content (AvgIpc) is 2.99. The molecule has 3 aromatic rings. The molecule has 0 amide bonds. The lowest BCUT2D eigenvalue weighted by molar-refractivity contribution is -0.123. The standard InChI is InChI=1S/C23H20O3/c1-14-11-15(7-10-22(14)26-2)16-3-4-18-13-19(6-5-17(18)12-16)23-20(24)8-9-21(23)25/h3-7,10-13,23H,8-9H2,1-2H3. The minimum atomic E-state index is -0.566. The van der Waals surface area contributed by atoms with Gasteiger partial charge in [0.2, 0.25) is 0 Å². The van der Waals surface area contributed by atoms with Crippen LogP contribution < -0.4 is 4.74 Å². The fraction of sp³-hybridized carbons (Fsp3) is 0.217. The summed E-state index contributed by atoms with van der Waals surface area (Å²) in [5, 5.41) is 2.14. The van der Waals surface area contributed by atoms with Crippen LogP contribution in [-0.2, 0) is 9.59 Å². The van der Waals surface area contributed by atoms with Gasteiger partial charge in [-0.05, 0) is 64.2 Å². The topological polar surface area (TPSA) is 43.4 Å². The molecule has 3 aromatic carbocycles. The highest BCUT2D eigenvalue weighted by Crippen LogP contribution is 2.32. The van der Waals surface area contributed by atoms with E-state index in [2.05, 4.69) is 30.3 Å². The van der Waals surface area contributed by atoms with E-state index in [1.165, 1.54) is 0 Å². The van der Waals surface area contributed by atoms with Gasteiger partial charge in [-0.15, -0.1) is 0 Å². The molecular weight excluding hydrogens is 324 g/mol. The molecule has 1 fully saturated rings. The third kappa shape index (κ3) is 2.80. The van der Waals surface area contributed by atoms with E-state index in [0.29, 0.717) is 12.8 Å². The number of carbonyl (C=O) groups excluding carboxylic acids is 2. The smallest absolute Gasteiger partial charge is 0.148 e. The Kier molecular flexibility index (Phi) is 4.08. The number of fused-ring (bicyclic) bond motifs is 1. The Hall–Kier alpha value is -2.94. The Balaban J connectivity index is 1.72. The number of hydrogen-bond donors (Lipinski definition) is 0. The quantitative estimate of drug-likeness (QED) is 0.639. The minimum absolute atomic E-state index is 0.0414. The van der Waals surface area contributed by atoms with Crippen LogP contribution in [0.3, 0.4) is 0 Å². The summed E-state index contributed by atoms with van der Waals surface area (Å²) in [5.41, 5.74) is 4.18. The molecule has 1 saturated carbocycles. The van der Waals surface area contributed by atoms with Crippen LogP contribution in [0.1, 0.15) is 29.9 Å². The predicted molar refractivity (Wildman–Crippen MR) is 103 cm³/mol. The number of aryl methyl sites for hydroxylation is 1. The zero-order chi connectivity index (χ0) is 18.3. The molecule has 0 N–H and O–H groups in total. The van der Waals surface area contributed by atoms with Crippen molar-refractivity contribution in [1.82, 2.24) is 0 Å². The number of ketones is 2. The second-order valence-corrected chi connectivity index (χ2v) is 6.87. The fourth-order valence-corrected chi connectivity index (χ4v) is 3.77. The lowest BCUT2D eigenvalue weighted by atomic mass is 9.92. The van der Waals surface area contributed by atoms with Gasteiger partial charge in [0.25, 0.3) is 0 Å². The lowest BCUT2D eigenvalue weighted by Crippen LogP contribution is -2.11. The van der Waals surface area contributed by atoms with Crippen molar-refractivity contribution in [2.24, 2.45) is 0 Å². The van der Waals surface area contributed by atoms with Crippen molar-refractivity contribution in [3.63, 3.8) is 0 Å². The maximum absolute atomic E-state index is 12.0. The molecule has 1 aliphatic rings. The third-order valence-corrected chi connectivity index (χ3v) is 5.19. The summed E-state index contributed by atoms with van der Waals surface area (Å²) < 4.78 is 5.33. The van der Waals surface area contributed by atoms with Crippen molar-refractivity contribution in [3.05, 3.63) is 65.7 Å². The largest absolute Gasteiger partial charge is 0.496 e. The van der Waals surface area contributed by atoms with Gasteiger partial charge in [-0.2, -0.15) is 0 Å². The van der Waals surface area contributed by atoms with Crippen LogP contribution >= 0.6 is 0 Å². The van der Waals surface area contributed by atoms with Gasteiger partial charge < -0.3 is 4.74 Å². The first kappa shape index (κ1) is 16.5. The normalized spacial score (nSPS) is 15.0. The van der Waals surface area contributed by atoms with Crippen molar-refractivity contribution < 1.29 is 14.3 Å². The molecule has 3 nitrogen and oxygen atoms in total. The highest BCUT2D eigenvalue weighted by Gasteiger charge is 2.34. The van der Waals surface area contributed by atoms with Gasteiger partial charge in [0, 0.05) is 12.8 Å². The number of methoxy groups -OCH3 is 1. The zero-order valence-electron chi connectivity index (χ0n) is 14.9. The molecule has 1 aliphatic carbocycles. The maximum atomic E-state index is 12.0. The second kappa shape index (κ2) is 6.41. The molecule has 130 valence electrons. The molecule has 0 aliphatic heterocycles. The number of rotatable bonds is 3. The van der Waals surface area contributed by atoms with E-state index >= 15 is 0 Å². The summed E-state index contributed by atoms with van der Waals surface area (Å²) >= 11 is 0. The van der Waals surface area contributed by atoms with Crippen molar-refractivity contribution in [2.75, 3.05) is 7.11 Å². The molecule has 0 bridgehead atoms. The molecular formula is C23H20O3. The molecule has 4 rings (SSSR count). The van der Waals surface area contributed by atoms with E-state index in [0.717, 1.165) is 38.8 Å². The van der Waals surface area contributed by atoms with Crippen LogP contribution in [0.15, 0.2) is 54.6 Å². The fourth-order valence-electron chi connectivity index (χ4n) is 3.77. The van der Waals surface area contributed by atoms with Crippen LogP contribution in [-0.4, -0.2) is 18.7 Å². The first-order valence-corrected chi connectivity index (χ1v) is 8.81.